The Bertz CT molecular complexity index is 1100. The van der Waals surface area contributed by atoms with E-state index < -0.39 is 22.0 Å². The van der Waals surface area contributed by atoms with Crippen molar-refractivity contribution in [2.45, 2.75) is 25.3 Å². The summed E-state index contributed by atoms with van der Waals surface area (Å²) < 4.78 is 32.8. The summed E-state index contributed by atoms with van der Waals surface area (Å²) in [5, 5.41) is 19.0. The van der Waals surface area contributed by atoms with Crippen molar-refractivity contribution in [2.75, 3.05) is 38.1 Å². The third kappa shape index (κ3) is 8.67. The molecular formula is C23H29N3O8S. The van der Waals surface area contributed by atoms with Crippen molar-refractivity contribution in [3.8, 4) is 5.75 Å². The van der Waals surface area contributed by atoms with Crippen LogP contribution in [0.1, 0.15) is 19.4 Å². The second-order valence-corrected chi connectivity index (χ2v) is 9.64. The lowest BCUT2D eigenvalue weighted by Gasteiger charge is -2.31. The molecule has 3 rings (SSSR count). The standard InChI is InChI=1S/C21H27N3O4S.C2H2O4/c1-3-28-20-8-4-18(5-9-20)16-23-12-14-24(15-13-23)29(26,27)21-10-6-19(7-11-21)22-17(2)25;3-1(4)2(5)6/h4-11H,3,12-16H2,1-2H3,(H,22,25);(H,3,4)(H,5,6). The van der Waals surface area contributed by atoms with Gasteiger partial charge in [-0.2, -0.15) is 4.31 Å². The van der Waals surface area contributed by atoms with Crippen LogP contribution < -0.4 is 20.1 Å². The van der Waals surface area contributed by atoms with Crippen molar-refractivity contribution < 1.29 is 42.7 Å². The number of anilines is 1. The zero-order valence-electron chi connectivity index (χ0n) is 19.5. The molecule has 11 nitrogen and oxygen atoms in total. The lowest BCUT2D eigenvalue weighted by Crippen LogP contribution is -3.13. The largest absolute Gasteiger partial charge is 0.539 e. The van der Waals surface area contributed by atoms with Gasteiger partial charge in [-0.15, -0.1) is 0 Å². The van der Waals surface area contributed by atoms with Crippen LogP contribution in [0, 0.1) is 0 Å². The monoisotopic (exact) mass is 507 g/mol. The Morgan fingerprint density at radius 2 is 1.60 bits per heavy atom. The van der Waals surface area contributed by atoms with Crippen LogP contribution in [0.3, 0.4) is 0 Å². The number of hydrogen-bond donors (Lipinski definition) is 3. The van der Waals surface area contributed by atoms with Crippen LogP contribution in [0.2, 0.25) is 0 Å². The number of benzene rings is 2. The number of sulfonamides is 1. The average molecular weight is 508 g/mol. The first kappa shape index (κ1) is 27.8. The highest BCUT2D eigenvalue weighted by atomic mass is 32.2. The van der Waals surface area contributed by atoms with Gasteiger partial charge in [-0.3, -0.25) is 4.79 Å². The van der Waals surface area contributed by atoms with Gasteiger partial charge in [0.25, 0.3) is 0 Å². The van der Waals surface area contributed by atoms with E-state index in [0.717, 1.165) is 25.4 Å². The molecule has 0 saturated carbocycles. The first-order valence-corrected chi connectivity index (χ1v) is 12.3. The second-order valence-electron chi connectivity index (χ2n) is 7.71. The number of piperazine rings is 1. The molecule has 1 aliphatic rings. The molecule has 1 saturated heterocycles. The summed E-state index contributed by atoms with van der Waals surface area (Å²) in [5.74, 6) is -3.33. The quantitative estimate of drug-likeness (QED) is 0.401. The van der Waals surface area contributed by atoms with Crippen molar-refractivity contribution >= 4 is 33.6 Å². The Labute approximate surface area is 204 Å². The summed E-state index contributed by atoms with van der Waals surface area (Å²) in [4.78, 5) is 30.7. The van der Waals surface area contributed by atoms with Gasteiger partial charge < -0.3 is 30.0 Å². The fraction of sp³-hybridized carbons (Fsp3) is 0.348. The molecule has 35 heavy (non-hydrogen) atoms. The first-order valence-electron chi connectivity index (χ1n) is 10.9. The van der Waals surface area contributed by atoms with Gasteiger partial charge in [-0.05, 0) is 55.5 Å². The molecular weight excluding hydrogens is 478 g/mol. The molecule has 0 atom stereocenters. The van der Waals surface area contributed by atoms with Crippen molar-refractivity contribution in [1.29, 1.82) is 0 Å². The lowest BCUT2D eigenvalue weighted by molar-refractivity contribution is -0.917. The van der Waals surface area contributed by atoms with Crippen LogP contribution in [0.5, 0.6) is 5.75 Å². The summed E-state index contributed by atoms with van der Waals surface area (Å²) in [5.41, 5.74) is 1.80. The summed E-state index contributed by atoms with van der Waals surface area (Å²) in [6.45, 7) is 7.39. The van der Waals surface area contributed by atoms with E-state index >= 15 is 0 Å². The number of aliphatic carboxylic acids is 2. The van der Waals surface area contributed by atoms with Crippen LogP contribution in [0.4, 0.5) is 5.69 Å². The number of ether oxygens (including phenoxy) is 1. The summed E-state index contributed by atoms with van der Waals surface area (Å²) in [6, 6.07) is 14.4. The fourth-order valence-electron chi connectivity index (χ4n) is 3.44. The van der Waals surface area contributed by atoms with Gasteiger partial charge in [0.15, 0.2) is 5.97 Å². The molecule has 2 aromatic rings. The molecule has 0 aromatic heterocycles. The number of quaternary nitrogens is 1. The number of carboxylic acids is 2. The third-order valence-electron chi connectivity index (χ3n) is 5.11. The van der Waals surface area contributed by atoms with Gasteiger partial charge in [-0.25, -0.2) is 13.2 Å². The van der Waals surface area contributed by atoms with Crippen molar-refractivity contribution in [3.63, 3.8) is 0 Å². The highest BCUT2D eigenvalue weighted by Crippen LogP contribution is 2.18. The Morgan fingerprint density at radius 1 is 1.06 bits per heavy atom. The lowest BCUT2D eigenvalue weighted by atomic mass is 10.2. The van der Waals surface area contributed by atoms with Gasteiger partial charge in [-0.1, -0.05) is 0 Å². The number of carboxylic acid groups (broad SMARTS) is 2. The fourth-order valence-corrected chi connectivity index (χ4v) is 4.88. The molecule has 1 fully saturated rings. The second kappa shape index (κ2) is 12.8. The van der Waals surface area contributed by atoms with E-state index in [1.54, 1.807) is 28.6 Å². The normalized spacial score (nSPS) is 14.3. The maximum atomic E-state index is 12.9. The van der Waals surface area contributed by atoms with Crippen LogP contribution in [0.15, 0.2) is 53.4 Å². The topological polar surface area (TPSA) is 158 Å². The van der Waals surface area contributed by atoms with Gasteiger partial charge in [0.05, 0.1) is 37.7 Å². The number of carbonyl (C=O) groups is 3. The van der Waals surface area contributed by atoms with Crippen LogP contribution in [-0.2, 0) is 31.0 Å². The van der Waals surface area contributed by atoms with E-state index in [4.69, 9.17) is 24.5 Å². The molecule has 3 N–H and O–H groups in total. The molecule has 0 unspecified atom stereocenters. The molecule has 12 heteroatoms. The SMILES string of the molecule is CCOc1ccc(C[NH+]2CCN(S(=O)(=O)c3ccc(NC(C)=O)cc3)CC2)cc1.O=C([O-])C(=O)O. The van der Waals surface area contributed by atoms with E-state index in [9.17, 15) is 13.2 Å². The molecule has 1 amide bonds. The van der Waals surface area contributed by atoms with Crippen LogP contribution >= 0.6 is 0 Å². The molecule has 2 aromatic carbocycles. The average Bonchev–Trinajstić information content (AvgIpc) is 2.81. The molecule has 1 aliphatic heterocycles. The molecule has 0 radical (unpaired) electrons. The van der Waals surface area contributed by atoms with Crippen molar-refractivity contribution in [3.05, 3.63) is 54.1 Å². The maximum Gasteiger partial charge on any atom is 0.351 e. The van der Waals surface area contributed by atoms with Crippen LogP contribution in [-0.4, -0.2) is 68.5 Å². The van der Waals surface area contributed by atoms with Gasteiger partial charge >= 0.3 is 5.97 Å². The number of rotatable bonds is 7. The van der Waals surface area contributed by atoms with Gasteiger partial charge in [0, 0.05) is 18.2 Å². The van der Waals surface area contributed by atoms with Crippen molar-refractivity contribution in [1.82, 2.24) is 4.31 Å². The van der Waals surface area contributed by atoms with E-state index in [-0.39, 0.29) is 10.8 Å². The number of nitrogens with zero attached hydrogens (tertiary/aromatic N) is 1. The number of amides is 1. The Hall–Kier alpha value is -3.48. The predicted molar refractivity (Wildman–Crippen MR) is 124 cm³/mol. The van der Waals surface area contributed by atoms with E-state index in [0.29, 0.717) is 25.4 Å². The summed E-state index contributed by atoms with van der Waals surface area (Å²) in [7, 11) is -3.52. The minimum absolute atomic E-state index is 0.188. The van der Waals surface area contributed by atoms with Crippen molar-refractivity contribution in [2.24, 2.45) is 0 Å². The Morgan fingerprint density at radius 3 is 2.06 bits per heavy atom. The van der Waals surface area contributed by atoms with Crippen LogP contribution in [0.25, 0.3) is 0 Å². The summed E-state index contributed by atoms with van der Waals surface area (Å²) in [6.07, 6.45) is 0. The highest BCUT2D eigenvalue weighted by Gasteiger charge is 2.30. The molecule has 0 bridgehead atoms. The Kier molecular flexibility index (Phi) is 10.2. The van der Waals surface area contributed by atoms with Gasteiger partial charge in [0.2, 0.25) is 15.9 Å². The molecule has 0 aliphatic carbocycles. The Balaban J connectivity index is 0.000000641. The van der Waals surface area contributed by atoms with E-state index in [1.165, 1.54) is 17.4 Å². The molecule has 190 valence electrons. The number of carbonyl (C=O) groups excluding carboxylic acids is 2. The highest BCUT2D eigenvalue weighted by molar-refractivity contribution is 7.89. The maximum absolute atomic E-state index is 12.9. The smallest absolute Gasteiger partial charge is 0.351 e. The summed E-state index contributed by atoms with van der Waals surface area (Å²) >= 11 is 0. The van der Waals surface area contributed by atoms with E-state index in [1.807, 2.05) is 19.1 Å². The van der Waals surface area contributed by atoms with E-state index in [2.05, 4.69) is 17.4 Å². The zero-order chi connectivity index (χ0) is 26.0. The van der Waals surface area contributed by atoms with Gasteiger partial charge in [0.1, 0.15) is 12.3 Å². The third-order valence-corrected chi connectivity index (χ3v) is 7.02. The zero-order valence-corrected chi connectivity index (χ0v) is 20.3. The minimum atomic E-state index is -3.52. The first-order chi connectivity index (χ1) is 16.5. The predicted octanol–water partition coefficient (Wildman–Crippen LogP) is -1.05. The number of nitrogens with one attached hydrogen (secondary N) is 2. The minimum Gasteiger partial charge on any atom is -0.539 e. The number of hydrogen-bond acceptors (Lipinski definition) is 7. The molecule has 0 spiro atoms. The molecule has 1 heterocycles.